The molecule has 0 spiro atoms. The Kier molecular flexibility index (Phi) is 9.33. The van der Waals surface area contributed by atoms with Gasteiger partial charge in [0, 0.05) is 5.56 Å². The van der Waals surface area contributed by atoms with Crippen molar-refractivity contribution in [1.82, 2.24) is 10.2 Å². The fourth-order valence-corrected chi connectivity index (χ4v) is 3.50. The molecule has 3 rings (SSSR count). The summed E-state index contributed by atoms with van der Waals surface area (Å²) in [5.74, 6) is -2.25. The van der Waals surface area contributed by atoms with Crippen LogP contribution in [0.2, 0.25) is 0 Å². The second kappa shape index (κ2) is 12.9. The molecule has 0 fully saturated rings. The molecule has 0 aliphatic heterocycles. The minimum atomic E-state index is -1.32. The van der Waals surface area contributed by atoms with E-state index < -0.39 is 42.4 Å². The van der Waals surface area contributed by atoms with E-state index >= 15 is 0 Å². The molecule has 0 heterocycles. The number of nitrogens with one attached hydrogen (secondary N) is 1. The van der Waals surface area contributed by atoms with E-state index in [0.717, 1.165) is 16.0 Å². The lowest BCUT2D eigenvalue weighted by molar-refractivity contribution is -0.142. The molecule has 36 heavy (non-hydrogen) atoms. The lowest BCUT2D eigenvalue weighted by Crippen LogP contribution is -2.51. The van der Waals surface area contributed by atoms with Crippen LogP contribution in [0.5, 0.6) is 0 Å². The molecule has 3 aromatic carbocycles. The van der Waals surface area contributed by atoms with Crippen LogP contribution in [0, 0.1) is 0 Å². The Morgan fingerprint density at radius 2 is 1.36 bits per heavy atom. The Morgan fingerprint density at radius 1 is 0.833 bits per heavy atom. The van der Waals surface area contributed by atoms with Gasteiger partial charge in [0.1, 0.15) is 12.6 Å². The van der Waals surface area contributed by atoms with Gasteiger partial charge in [-0.15, -0.1) is 0 Å². The van der Waals surface area contributed by atoms with E-state index in [1.165, 1.54) is 6.92 Å². The zero-order valence-corrected chi connectivity index (χ0v) is 19.9. The standard InChI is InChI=1S/C28H28N2O6/c1-20(27(33)34)30(28(35)36-19-22-13-7-3-8-14-22)18-25(31)24(17-21-11-5-2-6-12-21)29-26(32)23-15-9-4-10-16-23/h2-16,20,24H,17-19H2,1H3,(H,29,32)(H,33,34)/t20-,24?/m0/s1. The summed E-state index contributed by atoms with van der Waals surface area (Å²) in [5.41, 5.74) is 1.90. The van der Waals surface area contributed by atoms with Crippen molar-refractivity contribution in [3.63, 3.8) is 0 Å². The average Bonchev–Trinajstić information content (AvgIpc) is 2.91. The van der Waals surface area contributed by atoms with Gasteiger partial charge in [-0.1, -0.05) is 78.9 Å². The summed E-state index contributed by atoms with van der Waals surface area (Å²) in [5, 5.41) is 12.3. The first-order chi connectivity index (χ1) is 17.3. The zero-order valence-electron chi connectivity index (χ0n) is 19.9. The second-order valence-corrected chi connectivity index (χ2v) is 8.23. The summed E-state index contributed by atoms with van der Waals surface area (Å²) >= 11 is 0. The SMILES string of the molecule is C[C@@H](C(=O)O)N(CC(=O)C(Cc1ccccc1)NC(=O)c1ccccc1)C(=O)OCc1ccccc1. The minimum absolute atomic E-state index is 0.0745. The summed E-state index contributed by atoms with van der Waals surface area (Å²) < 4.78 is 5.29. The third-order valence-electron chi connectivity index (χ3n) is 5.60. The Labute approximate surface area is 209 Å². The third-order valence-corrected chi connectivity index (χ3v) is 5.60. The van der Waals surface area contributed by atoms with Crippen molar-refractivity contribution in [2.75, 3.05) is 6.54 Å². The molecule has 8 heteroatoms. The molecule has 0 aromatic heterocycles. The van der Waals surface area contributed by atoms with Crippen LogP contribution >= 0.6 is 0 Å². The van der Waals surface area contributed by atoms with Crippen LogP contribution in [0.4, 0.5) is 4.79 Å². The zero-order chi connectivity index (χ0) is 25.9. The van der Waals surface area contributed by atoms with Crippen molar-refractivity contribution in [2.24, 2.45) is 0 Å². The second-order valence-electron chi connectivity index (χ2n) is 8.23. The molecule has 2 amide bonds. The van der Waals surface area contributed by atoms with Crippen molar-refractivity contribution in [1.29, 1.82) is 0 Å². The van der Waals surface area contributed by atoms with Crippen LogP contribution in [0.15, 0.2) is 91.0 Å². The van der Waals surface area contributed by atoms with E-state index in [1.54, 1.807) is 54.6 Å². The highest BCUT2D eigenvalue weighted by Gasteiger charge is 2.32. The number of benzene rings is 3. The lowest BCUT2D eigenvalue weighted by Gasteiger charge is -2.27. The molecule has 0 saturated carbocycles. The molecule has 0 aliphatic rings. The van der Waals surface area contributed by atoms with Gasteiger partial charge in [0.2, 0.25) is 0 Å². The van der Waals surface area contributed by atoms with Crippen molar-refractivity contribution in [3.05, 3.63) is 108 Å². The van der Waals surface area contributed by atoms with Crippen LogP contribution in [0.3, 0.4) is 0 Å². The van der Waals surface area contributed by atoms with Crippen LogP contribution < -0.4 is 5.32 Å². The Bertz CT molecular complexity index is 1170. The van der Waals surface area contributed by atoms with Gasteiger partial charge in [-0.25, -0.2) is 9.59 Å². The number of carboxylic acid groups (broad SMARTS) is 1. The molecular weight excluding hydrogens is 460 g/mol. The van der Waals surface area contributed by atoms with Crippen LogP contribution in [0.25, 0.3) is 0 Å². The number of Topliss-reactive ketones (excluding diaryl/α,β-unsaturated/α-hetero) is 1. The smallest absolute Gasteiger partial charge is 0.411 e. The highest BCUT2D eigenvalue weighted by Crippen LogP contribution is 2.11. The summed E-state index contributed by atoms with van der Waals surface area (Å²) in [6.07, 6.45) is -0.762. The molecule has 0 radical (unpaired) electrons. The van der Waals surface area contributed by atoms with E-state index in [9.17, 15) is 24.3 Å². The van der Waals surface area contributed by atoms with Crippen molar-refractivity contribution < 1.29 is 29.0 Å². The van der Waals surface area contributed by atoms with E-state index in [0.29, 0.717) is 5.56 Å². The summed E-state index contributed by atoms with van der Waals surface area (Å²) in [7, 11) is 0. The van der Waals surface area contributed by atoms with E-state index in [4.69, 9.17) is 4.74 Å². The number of carboxylic acids is 1. The Balaban J connectivity index is 1.78. The third kappa shape index (κ3) is 7.53. The normalized spacial score (nSPS) is 12.1. The maximum Gasteiger partial charge on any atom is 0.411 e. The summed E-state index contributed by atoms with van der Waals surface area (Å²) in [4.78, 5) is 51.6. The molecule has 186 valence electrons. The first-order valence-corrected chi connectivity index (χ1v) is 11.5. The largest absolute Gasteiger partial charge is 0.480 e. The number of carbonyl (C=O) groups is 4. The van der Waals surface area contributed by atoms with Crippen LogP contribution in [0.1, 0.15) is 28.4 Å². The van der Waals surface area contributed by atoms with Gasteiger partial charge >= 0.3 is 12.1 Å². The molecule has 3 aromatic rings. The maximum atomic E-state index is 13.4. The monoisotopic (exact) mass is 488 g/mol. The van der Waals surface area contributed by atoms with Crippen LogP contribution in [-0.4, -0.2) is 52.4 Å². The number of rotatable bonds is 11. The number of hydrogen-bond donors (Lipinski definition) is 2. The Morgan fingerprint density at radius 3 is 1.92 bits per heavy atom. The van der Waals surface area contributed by atoms with Gasteiger partial charge in [-0.3, -0.25) is 14.5 Å². The fraction of sp³-hybridized carbons (Fsp3) is 0.214. The first-order valence-electron chi connectivity index (χ1n) is 11.5. The van der Waals surface area contributed by atoms with Crippen molar-refractivity contribution >= 4 is 23.8 Å². The van der Waals surface area contributed by atoms with Gasteiger partial charge in [-0.2, -0.15) is 0 Å². The minimum Gasteiger partial charge on any atom is -0.480 e. The number of aliphatic carboxylic acids is 1. The fourth-order valence-electron chi connectivity index (χ4n) is 3.50. The Hall–Kier alpha value is -4.46. The van der Waals surface area contributed by atoms with E-state index in [2.05, 4.69) is 5.32 Å². The predicted octanol–water partition coefficient (Wildman–Crippen LogP) is 3.71. The molecule has 8 nitrogen and oxygen atoms in total. The summed E-state index contributed by atoms with van der Waals surface area (Å²) in [6.45, 7) is 0.677. The highest BCUT2D eigenvalue weighted by atomic mass is 16.6. The quantitative estimate of drug-likeness (QED) is 0.426. The number of amides is 2. The number of hydrogen-bond acceptors (Lipinski definition) is 5. The van der Waals surface area contributed by atoms with Gasteiger partial charge in [0.05, 0.1) is 12.6 Å². The highest BCUT2D eigenvalue weighted by molar-refractivity contribution is 5.99. The molecule has 2 atom stereocenters. The molecule has 0 saturated heterocycles. The number of ketones is 1. The van der Waals surface area contributed by atoms with Crippen molar-refractivity contribution in [3.8, 4) is 0 Å². The molecule has 2 N–H and O–H groups in total. The van der Waals surface area contributed by atoms with Crippen LogP contribution in [-0.2, 0) is 27.4 Å². The predicted molar refractivity (Wildman–Crippen MR) is 133 cm³/mol. The van der Waals surface area contributed by atoms with Gasteiger partial charge in [0.25, 0.3) is 5.91 Å². The molecule has 1 unspecified atom stereocenters. The van der Waals surface area contributed by atoms with E-state index in [-0.39, 0.29) is 13.0 Å². The van der Waals surface area contributed by atoms with E-state index in [1.807, 2.05) is 36.4 Å². The molecular formula is C28H28N2O6. The number of ether oxygens (including phenoxy) is 1. The molecule has 0 bridgehead atoms. The topological polar surface area (TPSA) is 113 Å². The van der Waals surface area contributed by atoms with Crippen molar-refractivity contribution in [2.45, 2.75) is 32.0 Å². The lowest BCUT2D eigenvalue weighted by atomic mass is 10.0. The molecule has 0 aliphatic carbocycles. The number of carbonyl (C=O) groups excluding carboxylic acids is 3. The van der Waals surface area contributed by atoms with Gasteiger partial charge in [0.15, 0.2) is 5.78 Å². The van der Waals surface area contributed by atoms with Gasteiger partial charge < -0.3 is 15.2 Å². The average molecular weight is 489 g/mol. The van der Waals surface area contributed by atoms with Gasteiger partial charge in [-0.05, 0) is 36.6 Å². The first kappa shape index (κ1) is 26.2. The number of nitrogens with zero attached hydrogens (tertiary/aromatic N) is 1. The summed E-state index contributed by atoms with van der Waals surface area (Å²) in [6, 6.07) is 24.1. The maximum absolute atomic E-state index is 13.4.